The summed E-state index contributed by atoms with van der Waals surface area (Å²) in [5.41, 5.74) is 7.66. The molecular formula is C18H30N2O. The van der Waals surface area contributed by atoms with Crippen LogP contribution in [0.1, 0.15) is 31.7 Å². The number of hydrogen-bond acceptors (Lipinski definition) is 3. The van der Waals surface area contributed by atoms with E-state index in [1.165, 1.54) is 18.4 Å². The van der Waals surface area contributed by atoms with E-state index in [9.17, 15) is 0 Å². The van der Waals surface area contributed by atoms with E-state index in [1.54, 1.807) is 7.11 Å². The molecule has 0 aromatic heterocycles. The molecule has 2 rings (SSSR count). The summed E-state index contributed by atoms with van der Waals surface area (Å²) in [6.07, 6.45) is 4.69. The molecule has 1 aliphatic rings. The Hall–Kier alpha value is -0.900. The van der Waals surface area contributed by atoms with Crippen LogP contribution in [0.2, 0.25) is 0 Å². The summed E-state index contributed by atoms with van der Waals surface area (Å²) >= 11 is 0. The number of nitrogens with two attached hydrogens (primary N) is 1. The number of piperidine rings is 1. The number of aryl methyl sites for hydroxylation is 1. The van der Waals surface area contributed by atoms with Gasteiger partial charge in [0.1, 0.15) is 0 Å². The first kappa shape index (κ1) is 16.5. The van der Waals surface area contributed by atoms with Gasteiger partial charge in [-0.3, -0.25) is 4.90 Å². The summed E-state index contributed by atoms with van der Waals surface area (Å²) in [7, 11) is 1.80. The lowest BCUT2D eigenvalue weighted by Crippen LogP contribution is -2.54. The lowest BCUT2D eigenvalue weighted by Gasteiger charge is -2.44. The van der Waals surface area contributed by atoms with E-state index in [1.807, 2.05) is 0 Å². The van der Waals surface area contributed by atoms with Crippen molar-refractivity contribution >= 4 is 0 Å². The molecule has 2 N–H and O–H groups in total. The summed E-state index contributed by atoms with van der Waals surface area (Å²) in [5, 5.41) is 0. The normalized spacial score (nSPS) is 20.3. The van der Waals surface area contributed by atoms with Crippen LogP contribution in [0.15, 0.2) is 30.3 Å². The first-order chi connectivity index (χ1) is 10.2. The standard InChI is InChI=1S/C18H30N2O/c1-18(15-19,11-8-16-6-4-3-5-7-16)20-12-9-17(10-13-20)14-21-2/h3-7,17H,8-15,19H2,1-2H3. The fraction of sp³-hybridized carbons (Fsp3) is 0.667. The third-order valence-electron chi connectivity index (χ3n) is 5.02. The molecule has 1 heterocycles. The van der Waals surface area contributed by atoms with Crippen molar-refractivity contribution in [3.8, 4) is 0 Å². The second kappa shape index (κ2) is 7.92. The van der Waals surface area contributed by atoms with Gasteiger partial charge in [0.25, 0.3) is 0 Å². The first-order valence-corrected chi connectivity index (χ1v) is 8.16. The van der Waals surface area contributed by atoms with Crippen molar-refractivity contribution in [3.63, 3.8) is 0 Å². The van der Waals surface area contributed by atoms with Gasteiger partial charge in [-0.25, -0.2) is 0 Å². The number of nitrogens with zero attached hydrogens (tertiary/aromatic N) is 1. The molecule has 0 saturated carbocycles. The smallest absolute Gasteiger partial charge is 0.0491 e. The molecule has 0 amide bonds. The maximum atomic E-state index is 6.13. The molecular weight excluding hydrogens is 260 g/mol. The number of hydrogen-bond donors (Lipinski definition) is 1. The molecule has 0 spiro atoms. The number of methoxy groups -OCH3 is 1. The van der Waals surface area contributed by atoms with Gasteiger partial charge in [0.05, 0.1) is 0 Å². The van der Waals surface area contributed by atoms with Gasteiger partial charge in [-0.2, -0.15) is 0 Å². The average Bonchev–Trinajstić information content (AvgIpc) is 2.54. The largest absolute Gasteiger partial charge is 0.384 e. The van der Waals surface area contributed by atoms with Crippen LogP contribution >= 0.6 is 0 Å². The Kier molecular flexibility index (Phi) is 6.22. The summed E-state index contributed by atoms with van der Waals surface area (Å²) < 4.78 is 5.29. The van der Waals surface area contributed by atoms with Crippen molar-refractivity contribution in [1.82, 2.24) is 4.90 Å². The van der Waals surface area contributed by atoms with Crippen LogP contribution in [-0.4, -0.2) is 43.8 Å². The molecule has 1 unspecified atom stereocenters. The lowest BCUT2D eigenvalue weighted by atomic mass is 9.87. The Morgan fingerprint density at radius 3 is 2.48 bits per heavy atom. The van der Waals surface area contributed by atoms with Gasteiger partial charge in [0.2, 0.25) is 0 Å². The Balaban J connectivity index is 1.88. The van der Waals surface area contributed by atoms with Gasteiger partial charge in [-0.15, -0.1) is 0 Å². The number of likely N-dealkylation sites (tertiary alicyclic amines) is 1. The highest BCUT2D eigenvalue weighted by Gasteiger charge is 2.33. The fourth-order valence-electron chi connectivity index (χ4n) is 3.32. The van der Waals surface area contributed by atoms with Gasteiger partial charge in [0, 0.05) is 25.8 Å². The number of ether oxygens (including phenoxy) is 1. The summed E-state index contributed by atoms with van der Waals surface area (Å²) in [6, 6.07) is 10.7. The Bertz CT molecular complexity index is 401. The zero-order chi connectivity index (χ0) is 15.1. The molecule has 0 radical (unpaired) electrons. The lowest BCUT2D eigenvalue weighted by molar-refractivity contribution is 0.0384. The van der Waals surface area contributed by atoms with E-state index < -0.39 is 0 Å². The third kappa shape index (κ3) is 4.53. The van der Waals surface area contributed by atoms with E-state index in [0.717, 1.165) is 45.0 Å². The summed E-state index contributed by atoms with van der Waals surface area (Å²) in [6.45, 7) is 6.26. The molecule has 1 aliphatic heterocycles. The van der Waals surface area contributed by atoms with Crippen LogP contribution in [0.3, 0.4) is 0 Å². The number of benzene rings is 1. The second-order valence-corrected chi connectivity index (χ2v) is 6.57. The highest BCUT2D eigenvalue weighted by Crippen LogP contribution is 2.27. The predicted molar refractivity (Wildman–Crippen MR) is 88.4 cm³/mol. The minimum Gasteiger partial charge on any atom is -0.384 e. The zero-order valence-electron chi connectivity index (χ0n) is 13.6. The first-order valence-electron chi connectivity index (χ1n) is 8.16. The fourth-order valence-corrected chi connectivity index (χ4v) is 3.32. The van der Waals surface area contributed by atoms with Gasteiger partial charge in [-0.1, -0.05) is 30.3 Å². The highest BCUT2D eigenvalue weighted by molar-refractivity contribution is 5.15. The van der Waals surface area contributed by atoms with Crippen molar-refractivity contribution < 1.29 is 4.74 Å². The molecule has 0 aliphatic carbocycles. The minimum atomic E-state index is 0.119. The van der Waals surface area contributed by atoms with Gasteiger partial charge in [-0.05, 0) is 57.2 Å². The van der Waals surface area contributed by atoms with Gasteiger partial charge in [0.15, 0.2) is 0 Å². The average molecular weight is 290 g/mol. The Morgan fingerprint density at radius 2 is 1.90 bits per heavy atom. The Morgan fingerprint density at radius 1 is 1.24 bits per heavy atom. The summed E-state index contributed by atoms with van der Waals surface area (Å²) in [5.74, 6) is 0.724. The van der Waals surface area contributed by atoms with Crippen LogP contribution in [0, 0.1) is 5.92 Å². The molecule has 1 saturated heterocycles. The SMILES string of the molecule is COCC1CCN(C(C)(CN)CCc2ccccc2)CC1. The summed E-state index contributed by atoms with van der Waals surface area (Å²) in [4.78, 5) is 2.60. The van der Waals surface area contributed by atoms with Crippen molar-refractivity contribution in [2.45, 2.75) is 38.1 Å². The van der Waals surface area contributed by atoms with E-state index >= 15 is 0 Å². The van der Waals surface area contributed by atoms with Crippen LogP contribution in [0.25, 0.3) is 0 Å². The monoisotopic (exact) mass is 290 g/mol. The minimum absolute atomic E-state index is 0.119. The molecule has 118 valence electrons. The molecule has 1 aromatic carbocycles. The van der Waals surface area contributed by atoms with E-state index in [-0.39, 0.29) is 5.54 Å². The van der Waals surface area contributed by atoms with Gasteiger partial charge >= 0.3 is 0 Å². The van der Waals surface area contributed by atoms with Crippen LogP contribution in [-0.2, 0) is 11.2 Å². The van der Waals surface area contributed by atoms with Crippen molar-refractivity contribution in [1.29, 1.82) is 0 Å². The van der Waals surface area contributed by atoms with Crippen molar-refractivity contribution in [3.05, 3.63) is 35.9 Å². The number of rotatable bonds is 7. The van der Waals surface area contributed by atoms with Crippen molar-refractivity contribution in [2.75, 3.05) is 33.4 Å². The highest BCUT2D eigenvalue weighted by atomic mass is 16.5. The molecule has 1 fully saturated rings. The molecule has 3 heteroatoms. The predicted octanol–water partition coefficient (Wildman–Crippen LogP) is 2.70. The van der Waals surface area contributed by atoms with Crippen LogP contribution in [0.4, 0.5) is 0 Å². The van der Waals surface area contributed by atoms with E-state index in [4.69, 9.17) is 10.5 Å². The van der Waals surface area contributed by atoms with Gasteiger partial charge < -0.3 is 10.5 Å². The molecule has 21 heavy (non-hydrogen) atoms. The zero-order valence-corrected chi connectivity index (χ0v) is 13.6. The van der Waals surface area contributed by atoms with E-state index in [2.05, 4.69) is 42.2 Å². The second-order valence-electron chi connectivity index (χ2n) is 6.57. The molecule has 1 atom stereocenters. The van der Waals surface area contributed by atoms with Crippen molar-refractivity contribution in [2.24, 2.45) is 11.7 Å². The topological polar surface area (TPSA) is 38.5 Å². The van der Waals surface area contributed by atoms with Crippen LogP contribution < -0.4 is 5.73 Å². The molecule has 1 aromatic rings. The van der Waals surface area contributed by atoms with Crippen LogP contribution in [0.5, 0.6) is 0 Å². The quantitative estimate of drug-likeness (QED) is 0.839. The molecule has 0 bridgehead atoms. The maximum Gasteiger partial charge on any atom is 0.0491 e. The maximum absolute atomic E-state index is 6.13. The van der Waals surface area contributed by atoms with E-state index in [0.29, 0.717) is 0 Å². The Labute approximate surface area is 129 Å². The third-order valence-corrected chi connectivity index (χ3v) is 5.02. The molecule has 3 nitrogen and oxygen atoms in total.